The van der Waals surface area contributed by atoms with Crippen LogP contribution in [0, 0.1) is 0 Å². The molecule has 1 aliphatic rings. The third kappa shape index (κ3) is 4.01. The van der Waals surface area contributed by atoms with Crippen molar-refractivity contribution in [2.24, 2.45) is 10.9 Å². The van der Waals surface area contributed by atoms with Crippen molar-refractivity contribution >= 4 is 5.84 Å². The predicted octanol–water partition coefficient (Wildman–Crippen LogP) is 4.48. The van der Waals surface area contributed by atoms with Crippen LogP contribution in [0.4, 0.5) is 13.2 Å². The Morgan fingerprint density at radius 2 is 1.79 bits per heavy atom. The fourth-order valence-electron chi connectivity index (χ4n) is 3.71. The Labute approximate surface area is 166 Å². The van der Waals surface area contributed by atoms with Crippen molar-refractivity contribution in [1.82, 2.24) is 4.90 Å². The molecule has 0 radical (unpaired) electrons. The van der Waals surface area contributed by atoms with Gasteiger partial charge < -0.3 is 20.6 Å². The zero-order valence-corrected chi connectivity index (χ0v) is 15.9. The highest BCUT2D eigenvalue weighted by molar-refractivity contribution is 6.02. The Balaban J connectivity index is 1.95. The number of halogens is 3. The first-order valence-electron chi connectivity index (χ1n) is 9.03. The quantitative estimate of drug-likeness (QED) is 0.333. The standard InChI is InChI=1S/C21H22F3N3O2/c1-14(20(12-5-13-20)15-8-10-16(28)11-9-15)27(2)19(26-25)17-6-3-4-7-18(17)29-21(22,23)24/h3-4,6-11,28H,1,5,12-13,25H2,2H3/b26-19-. The number of alkyl halides is 3. The van der Waals surface area contributed by atoms with Crippen molar-refractivity contribution in [3.05, 3.63) is 71.9 Å². The van der Waals surface area contributed by atoms with E-state index in [-0.39, 0.29) is 17.1 Å². The van der Waals surface area contributed by atoms with E-state index in [1.165, 1.54) is 18.2 Å². The molecule has 5 nitrogen and oxygen atoms in total. The lowest BCUT2D eigenvalue weighted by Gasteiger charge is -2.47. The van der Waals surface area contributed by atoms with Crippen molar-refractivity contribution in [2.45, 2.75) is 31.0 Å². The van der Waals surface area contributed by atoms with Crippen LogP contribution < -0.4 is 10.6 Å². The number of hydrogen-bond donors (Lipinski definition) is 2. The van der Waals surface area contributed by atoms with Crippen molar-refractivity contribution in [1.29, 1.82) is 0 Å². The van der Waals surface area contributed by atoms with E-state index in [9.17, 15) is 18.3 Å². The number of ether oxygens (including phenoxy) is 1. The largest absolute Gasteiger partial charge is 0.573 e. The molecule has 0 saturated heterocycles. The molecular weight excluding hydrogens is 383 g/mol. The lowest BCUT2D eigenvalue weighted by Crippen LogP contribution is -2.44. The Morgan fingerprint density at radius 3 is 2.31 bits per heavy atom. The van der Waals surface area contributed by atoms with Crippen molar-refractivity contribution in [3.63, 3.8) is 0 Å². The minimum atomic E-state index is -4.84. The number of rotatable bonds is 5. The molecule has 3 N–H and O–H groups in total. The monoisotopic (exact) mass is 405 g/mol. The van der Waals surface area contributed by atoms with Crippen molar-refractivity contribution in [2.75, 3.05) is 7.05 Å². The van der Waals surface area contributed by atoms with E-state index in [0.29, 0.717) is 5.70 Å². The number of nitrogens with two attached hydrogens (primary N) is 1. The number of phenolic OH excluding ortho intramolecular Hbond substituents is 1. The number of aromatic hydroxyl groups is 1. The van der Waals surface area contributed by atoms with E-state index in [2.05, 4.69) is 16.4 Å². The SMILES string of the molecule is C=C(N(C)/C(=N\N)c1ccccc1OC(F)(F)F)C1(c2ccc(O)cc2)CCC1. The molecule has 1 aliphatic carbocycles. The van der Waals surface area contributed by atoms with Gasteiger partial charge in [-0.2, -0.15) is 5.10 Å². The summed E-state index contributed by atoms with van der Waals surface area (Å²) in [6.07, 6.45) is -2.22. The van der Waals surface area contributed by atoms with Gasteiger partial charge in [-0.05, 0) is 42.7 Å². The summed E-state index contributed by atoms with van der Waals surface area (Å²) in [4.78, 5) is 1.60. The van der Waals surface area contributed by atoms with Crippen LogP contribution >= 0.6 is 0 Å². The molecule has 0 spiro atoms. The van der Waals surface area contributed by atoms with Crippen LogP contribution in [0.3, 0.4) is 0 Å². The number of nitrogens with zero attached hydrogens (tertiary/aromatic N) is 2. The van der Waals surface area contributed by atoms with Crippen LogP contribution in [0.15, 0.2) is 65.9 Å². The highest BCUT2D eigenvalue weighted by Gasteiger charge is 2.44. The van der Waals surface area contributed by atoms with Crippen LogP contribution in [-0.2, 0) is 5.41 Å². The molecule has 1 saturated carbocycles. The molecular formula is C21H22F3N3O2. The van der Waals surface area contributed by atoms with Gasteiger partial charge in [-0.3, -0.25) is 0 Å². The van der Waals surface area contributed by atoms with Gasteiger partial charge in [0.2, 0.25) is 0 Å². The molecule has 29 heavy (non-hydrogen) atoms. The summed E-state index contributed by atoms with van der Waals surface area (Å²) in [5.41, 5.74) is 1.32. The predicted molar refractivity (Wildman–Crippen MR) is 104 cm³/mol. The molecule has 0 heterocycles. The highest BCUT2D eigenvalue weighted by atomic mass is 19.4. The zero-order chi connectivity index (χ0) is 21.2. The molecule has 2 aromatic carbocycles. The normalized spacial score (nSPS) is 16.1. The maximum atomic E-state index is 12.8. The molecule has 2 aromatic rings. The first kappa shape index (κ1) is 20.6. The number of amidine groups is 1. The van der Waals surface area contributed by atoms with Crippen LogP contribution in [0.2, 0.25) is 0 Å². The molecule has 8 heteroatoms. The van der Waals surface area contributed by atoms with Gasteiger partial charge in [0, 0.05) is 18.2 Å². The van der Waals surface area contributed by atoms with E-state index in [0.717, 1.165) is 24.8 Å². The zero-order valence-electron chi connectivity index (χ0n) is 15.9. The van der Waals surface area contributed by atoms with Crippen molar-refractivity contribution < 1.29 is 23.0 Å². The average molecular weight is 405 g/mol. The summed E-state index contributed by atoms with van der Waals surface area (Å²) in [7, 11) is 1.67. The summed E-state index contributed by atoms with van der Waals surface area (Å²) in [6.45, 7) is 4.21. The Kier molecular flexibility index (Phi) is 5.46. The third-order valence-corrected chi connectivity index (χ3v) is 5.38. The Hall–Kier alpha value is -3.16. The van der Waals surface area contributed by atoms with Crippen LogP contribution in [0.25, 0.3) is 0 Å². The van der Waals surface area contributed by atoms with Gasteiger partial charge in [0.25, 0.3) is 0 Å². The molecule has 0 bridgehead atoms. The maximum Gasteiger partial charge on any atom is 0.573 e. The number of para-hydroxylation sites is 1. The van der Waals surface area contributed by atoms with Crippen LogP contribution in [-0.4, -0.2) is 29.3 Å². The summed E-state index contributed by atoms with van der Waals surface area (Å²) in [5.74, 6) is 5.45. The van der Waals surface area contributed by atoms with Gasteiger partial charge in [0.15, 0.2) is 5.84 Å². The number of benzene rings is 2. The minimum absolute atomic E-state index is 0.108. The number of phenols is 1. The lowest BCUT2D eigenvalue weighted by molar-refractivity contribution is -0.274. The summed E-state index contributed by atoms with van der Waals surface area (Å²) >= 11 is 0. The lowest BCUT2D eigenvalue weighted by atomic mass is 9.62. The molecule has 0 aromatic heterocycles. The molecule has 0 unspecified atom stereocenters. The number of likely N-dealkylation sites (N-methyl/N-ethyl adjacent to an activating group) is 1. The van der Waals surface area contributed by atoms with E-state index in [1.807, 2.05) is 12.1 Å². The minimum Gasteiger partial charge on any atom is -0.508 e. The third-order valence-electron chi connectivity index (χ3n) is 5.38. The van der Waals surface area contributed by atoms with Crippen molar-refractivity contribution in [3.8, 4) is 11.5 Å². The number of allylic oxidation sites excluding steroid dienone is 1. The van der Waals surface area contributed by atoms with Gasteiger partial charge >= 0.3 is 6.36 Å². The second-order valence-electron chi connectivity index (χ2n) is 6.98. The van der Waals surface area contributed by atoms with Crippen LogP contribution in [0.1, 0.15) is 30.4 Å². The van der Waals surface area contributed by atoms with Gasteiger partial charge in [0.05, 0.1) is 5.56 Å². The highest BCUT2D eigenvalue weighted by Crippen LogP contribution is 2.50. The summed E-state index contributed by atoms with van der Waals surface area (Å²) in [6, 6.07) is 12.6. The van der Waals surface area contributed by atoms with E-state index in [1.54, 1.807) is 30.1 Å². The fourth-order valence-corrected chi connectivity index (χ4v) is 3.71. The molecule has 1 fully saturated rings. The Bertz CT molecular complexity index is 920. The smallest absolute Gasteiger partial charge is 0.508 e. The maximum absolute atomic E-state index is 12.8. The van der Waals surface area contributed by atoms with E-state index < -0.39 is 17.5 Å². The first-order chi connectivity index (χ1) is 13.7. The van der Waals surface area contributed by atoms with Gasteiger partial charge in [-0.25, -0.2) is 0 Å². The summed E-state index contributed by atoms with van der Waals surface area (Å²) in [5, 5.41) is 13.3. The van der Waals surface area contributed by atoms with Gasteiger partial charge in [-0.15, -0.1) is 13.2 Å². The molecule has 0 amide bonds. The molecule has 0 aliphatic heterocycles. The molecule has 3 rings (SSSR count). The average Bonchev–Trinajstić information content (AvgIpc) is 2.63. The first-order valence-corrected chi connectivity index (χ1v) is 9.03. The number of hydrazone groups is 1. The number of hydrogen-bond acceptors (Lipinski definition) is 4. The van der Waals surface area contributed by atoms with Gasteiger partial charge in [0.1, 0.15) is 11.5 Å². The topological polar surface area (TPSA) is 71.1 Å². The molecule has 154 valence electrons. The second kappa shape index (κ2) is 7.69. The Morgan fingerprint density at radius 1 is 1.17 bits per heavy atom. The molecule has 0 atom stereocenters. The summed E-state index contributed by atoms with van der Waals surface area (Å²) < 4.78 is 42.6. The van der Waals surface area contributed by atoms with Gasteiger partial charge in [-0.1, -0.05) is 37.3 Å². The fraction of sp³-hybridized carbons (Fsp3) is 0.286. The van der Waals surface area contributed by atoms with E-state index in [4.69, 9.17) is 5.84 Å². The van der Waals surface area contributed by atoms with Crippen LogP contribution in [0.5, 0.6) is 11.5 Å². The van der Waals surface area contributed by atoms with E-state index >= 15 is 0 Å². The second-order valence-corrected chi connectivity index (χ2v) is 6.98.